The summed E-state index contributed by atoms with van der Waals surface area (Å²) in [5.41, 5.74) is 2.86. The predicted molar refractivity (Wildman–Crippen MR) is 154 cm³/mol. The number of hydrogen-bond donors (Lipinski definition) is 3. The summed E-state index contributed by atoms with van der Waals surface area (Å²) in [7, 11) is 3.27. The first-order valence-electron chi connectivity index (χ1n) is 13.2. The number of carbonyl (C=O) groups excluding carboxylic acids is 2. The molecule has 11 nitrogen and oxygen atoms in total. The van der Waals surface area contributed by atoms with Crippen molar-refractivity contribution in [3.8, 4) is 22.9 Å². The van der Waals surface area contributed by atoms with Gasteiger partial charge in [-0.15, -0.1) is 0 Å². The van der Waals surface area contributed by atoms with E-state index in [4.69, 9.17) is 19.4 Å². The van der Waals surface area contributed by atoms with E-state index in [0.29, 0.717) is 67.6 Å². The Bertz CT molecular complexity index is 1500. The smallest absolute Gasteiger partial charge is 0.270 e. The Balaban J connectivity index is 1.35. The molecule has 1 saturated heterocycles. The molecule has 40 heavy (non-hydrogen) atoms. The SMILES string of the molecule is COc1ccc(N2CCN(C(=O)c3cc4c(NCCNC(C)=O)nc(-c5ccccc5)nc4[nH]3)CC2)c(OC)c1. The van der Waals surface area contributed by atoms with E-state index in [2.05, 4.69) is 20.5 Å². The second kappa shape index (κ2) is 11.9. The molecule has 0 radical (unpaired) electrons. The normalized spacial score (nSPS) is 13.3. The molecule has 0 saturated carbocycles. The molecule has 4 aromatic rings. The van der Waals surface area contributed by atoms with E-state index in [1.807, 2.05) is 53.4 Å². The van der Waals surface area contributed by atoms with Crippen LogP contribution in [0, 0.1) is 0 Å². The molecule has 2 aromatic heterocycles. The molecule has 1 fully saturated rings. The molecule has 0 unspecified atom stereocenters. The van der Waals surface area contributed by atoms with Crippen LogP contribution >= 0.6 is 0 Å². The summed E-state index contributed by atoms with van der Waals surface area (Å²) in [6.07, 6.45) is 0. The van der Waals surface area contributed by atoms with Crippen molar-refractivity contribution in [3.05, 3.63) is 60.3 Å². The van der Waals surface area contributed by atoms with Gasteiger partial charge in [0.1, 0.15) is 28.7 Å². The fraction of sp³-hybridized carbons (Fsp3) is 0.310. The summed E-state index contributed by atoms with van der Waals surface area (Å²) >= 11 is 0. The van der Waals surface area contributed by atoms with Gasteiger partial charge in [0.25, 0.3) is 5.91 Å². The molecule has 1 aliphatic rings. The van der Waals surface area contributed by atoms with Gasteiger partial charge in [0.05, 0.1) is 25.3 Å². The van der Waals surface area contributed by atoms with Gasteiger partial charge in [-0.3, -0.25) is 9.59 Å². The molecule has 1 aliphatic heterocycles. The molecular formula is C29H33N7O4. The quantitative estimate of drug-likeness (QED) is 0.275. The van der Waals surface area contributed by atoms with Crippen LogP contribution in [0.1, 0.15) is 17.4 Å². The van der Waals surface area contributed by atoms with Crippen LogP contribution in [0.3, 0.4) is 0 Å². The van der Waals surface area contributed by atoms with E-state index >= 15 is 0 Å². The lowest BCUT2D eigenvalue weighted by Gasteiger charge is -2.36. The highest BCUT2D eigenvalue weighted by molar-refractivity contribution is 6.00. The van der Waals surface area contributed by atoms with Crippen LogP contribution in [0.25, 0.3) is 22.4 Å². The fourth-order valence-corrected chi connectivity index (χ4v) is 4.76. The number of anilines is 2. The Morgan fingerprint density at radius 3 is 2.42 bits per heavy atom. The minimum absolute atomic E-state index is 0.0928. The number of methoxy groups -OCH3 is 2. The van der Waals surface area contributed by atoms with Crippen molar-refractivity contribution >= 4 is 34.4 Å². The first kappa shape index (κ1) is 26.8. The Morgan fingerprint density at radius 2 is 1.73 bits per heavy atom. The molecule has 208 valence electrons. The third kappa shape index (κ3) is 5.78. The molecule has 0 bridgehead atoms. The number of amides is 2. The summed E-state index contributed by atoms with van der Waals surface area (Å²) in [4.78, 5) is 41.5. The maximum Gasteiger partial charge on any atom is 0.270 e. The highest BCUT2D eigenvalue weighted by Gasteiger charge is 2.26. The number of ether oxygens (including phenoxy) is 2. The topological polar surface area (TPSA) is 125 Å². The second-order valence-corrected chi connectivity index (χ2v) is 9.43. The average molecular weight is 544 g/mol. The number of nitrogens with one attached hydrogen (secondary N) is 3. The Labute approximate surface area is 232 Å². The van der Waals surface area contributed by atoms with Gasteiger partial charge in [0, 0.05) is 57.8 Å². The zero-order valence-electron chi connectivity index (χ0n) is 22.9. The molecule has 3 N–H and O–H groups in total. The van der Waals surface area contributed by atoms with Crippen LogP contribution in [0.15, 0.2) is 54.6 Å². The van der Waals surface area contributed by atoms with Crippen molar-refractivity contribution in [1.82, 2.24) is 25.2 Å². The van der Waals surface area contributed by atoms with Gasteiger partial charge in [-0.2, -0.15) is 0 Å². The summed E-state index contributed by atoms with van der Waals surface area (Å²) in [5, 5.41) is 6.78. The molecule has 0 spiro atoms. The van der Waals surface area contributed by atoms with E-state index in [1.165, 1.54) is 6.92 Å². The Kier molecular flexibility index (Phi) is 7.99. The van der Waals surface area contributed by atoms with Crippen LogP contribution in [-0.2, 0) is 4.79 Å². The van der Waals surface area contributed by atoms with Gasteiger partial charge in [-0.05, 0) is 18.2 Å². The number of nitrogens with zero attached hydrogens (tertiary/aromatic N) is 4. The number of aromatic amines is 1. The molecule has 3 heterocycles. The van der Waals surface area contributed by atoms with E-state index in [0.717, 1.165) is 22.7 Å². The molecule has 5 rings (SSSR count). The number of H-pyrrole nitrogens is 1. The summed E-state index contributed by atoms with van der Waals surface area (Å²) in [5.74, 6) is 2.42. The zero-order chi connectivity index (χ0) is 28.1. The van der Waals surface area contributed by atoms with Crippen LogP contribution in [0.5, 0.6) is 11.5 Å². The highest BCUT2D eigenvalue weighted by Crippen LogP contribution is 2.33. The molecule has 0 atom stereocenters. The van der Waals surface area contributed by atoms with Crippen molar-refractivity contribution in [2.45, 2.75) is 6.92 Å². The average Bonchev–Trinajstić information content (AvgIpc) is 3.43. The highest BCUT2D eigenvalue weighted by atomic mass is 16.5. The van der Waals surface area contributed by atoms with E-state index in [1.54, 1.807) is 20.3 Å². The number of fused-ring (bicyclic) bond motifs is 1. The van der Waals surface area contributed by atoms with Crippen molar-refractivity contribution in [2.24, 2.45) is 0 Å². The van der Waals surface area contributed by atoms with E-state index in [-0.39, 0.29) is 11.8 Å². The molecular weight excluding hydrogens is 510 g/mol. The van der Waals surface area contributed by atoms with Crippen molar-refractivity contribution in [3.63, 3.8) is 0 Å². The monoisotopic (exact) mass is 543 g/mol. The third-order valence-corrected chi connectivity index (χ3v) is 6.84. The number of piperazine rings is 1. The van der Waals surface area contributed by atoms with Gasteiger partial charge in [0.15, 0.2) is 5.82 Å². The van der Waals surface area contributed by atoms with Crippen LogP contribution in [-0.4, -0.2) is 85.2 Å². The van der Waals surface area contributed by atoms with Crippen LogP contribution < -0.4 is 25.0 Å². The van der Waals surface area contributed by atoms with Gasteiger partial charge < -0.3 is 34.9 Å². The van der Waals surface area contributed by atoms with Crippen molar-refractivity contribution < 1.29 is 19.1 Å². The number of hydrogen-bond acceptors (Lipinski definition) is 8. The Morgan fingerprint density at radius 1 is 0.950 bits per heavy atom. The molecule has 0 aliphatic carbocycles. The van der Waals surface area contributed by atoms with Crippen LogP contribution in [0.2, 0.25) is 0 Å². The fourth-order valence-electron chi connectivity index (χ4n) is 4.76. The third-order valence-electron chi connectivity index (χ3n) is 6.84. The zero-order valence-corrected chi connectivity index (χ0v) is 22.9. The number of carbonyl (C=O) groups is 2. The van der Waals surface area contributed by atoms with Gasteiger partial charge in [-0.1, -0.05) is 30.3 Å². The number of benzene rings is 2. The van der Waals surface area contributed by atoms with Gasteiger partial charge >= 0.3 is 0 Å². The maximum absolute atomic E-state index is 13.5. The minimum Gasteiger partial charge on any atom is -0.497 e. The lowest BCUT2D eigenvalue weighted by atomic mass is 10.2. The van der Waals surface area contributed by atoms with Gasteiger partial charge in [-0.25, -0.2) is 9.97 Å². The number of aromatic nitrogens is 3. The second-order valence-electron chi connectivity index (χ2n) is 9.43. The lowest BCUT2D eigenvalue weighted by Crippen LogP contribution is -2.49. The standard InChI is InChI=1S/C29H33N7O4/c1-19(37)30-11-12-31-27-22-18-23(32-28(22)34-26(33-27)20-7-5-4-6-8-20)29(38)36-15-13-35(14-16-36)24-10-9-21(39-2)17-25(24)40-3/h4-10,17-18H,11-16H2,1-3H3,(H,30,37)(H2,31,32,33,34). The van der Waals surface area contributed by atoms with Crippen LogP contribution in [0.4, 0.5) is 11.5 Å². The lowest BCUT2D eigenvalue weighted by molar-refractivity contribution is -0.118. The van der Waals surface area contributed by atoms with E-state index in [9.17, 15) is 9.59 Å². The summed E-state index contributed by atoms with van der Waals surface area (Å²) in [6.45, 7) is 4.86. The first-order valence-corrected chi connectivity index (χ1v) is 13.2. The summed E-state index contributed by atoms with van der Waals surface area (Å²) in [6, 6.07) is 17.2. The summed E-state index contributed by atoms with van der Waals surface area (Å²) < 4.78 is 10.9. The first-order chi connectivity index (χ1) is 19.5. The van der Waals surface area contributed by atoms with Crippen molar-refractivity contribution in [1.29, 1.82) is 0 Å². The molecule has 2 aromatic carbocycles. The largest absolute Gasteiger partial charge is 0.497 e. The van der Waals surface area contributed by atoms with E-state index < -0.39 is 0 Å². The number of rotatable bonds is 9. The Hall–Kier alpha value is -4.80. The van der Waals surface area contributed by atoms with Gasteiger partial charge in [0.2, 0.25) is 5.91 Å². The minimum atomic E-state index is -0.0975. The molecule has 2 amide bonds. The molecule has 11 heteroatoms. The maximum atomic E-state index is 13.5. The predicted octanol–water partition coefficient (Wildman–Crippen LogP) is 3.15. The van der Waals surface area contributed by atoms with Crippen molar-refractivity contribution in [2.75, 3.05) is 63.7 Å².